The summed E-state index contributed by atoms with van der Waals surface area (Å²) in [6, 6.07) is 0. The second-order valence-corrected chi connectivity index (χ2v) is 4.10. The lowest BCUT2D eigenvalue weighted by atomic mass is 9.80. The summed E-state index contributed by atoms with van der Waals surface area (Å²) in [7, 11) is 0. The maximum absolute atomic E-state index is 11.0. The van der Waals surface area contributed by atoms with Gasteiger partial charge in [0.2, 0.25) is 0 Å². The van der Waals surface area contributed by atoms with E-state index in [0.717, 1.165) is 32.1 Å². The van der Waals surface area contributed by atoms with Crippen LogP contribution in [0.3, 0.4) is 0 Å². The molecule has 0 amide bonds. The predicted octanol–water partition coefficient (Wildman–Crippen LogP) is 2.68. The van der Waals surface area contributed by atoms with E-state index in [2.05, 4.69) is 6.92 Å². The number of unbranched alkanes of at least 4 members (excludes halogenated alkanes) is 1. The van der Waals surface area contributed by atoms with Gasteiger partial charge in [0, 0.05) is 0 Å². The van der Waals surface area contributed by atoms with Gasteiger partial charge in [0.1, 0.15) is 0 Å². The Hall–Kier alpha value is -0.530. The topological polar surface area (TPSA) is 37.3 Å². The molecule has 70 valence electrons. The third-order valence-corrected chi connectivity index (χ3v) is 3.02. The summed E-state index contributed by atoms with van der Waals surface area (Å²) in [6.45, 7) is 4.01. The summed E-state index contributed by atoms with van der Waals surface area (Å²) in [5, 5.41) is 9.07. The number of hydrogen-bond acceptors (Lipinski definition) is 1. The van der Waals surface area contributed by atoms with Crippen molar-refractivity contribution in [3.63, 3.8) is 0 Å². The van der Waals surface area contributed by atoms with E-state index in [4.69, 9.17) is 5.11 Å². The van der Waals surface area contributed by atoms with E-state index in [1.54, 1.807) is 0 Å². The van der Waals surface area contributed by atoms with E-state index >= 15 is 0 Å². The molecule has 1 aliphatic carbocycles. The lowest BCUT2D eigenvalue weighted by molar-refractivity contribution is -0.149. The van der Waals surface area contributed by atoms with Crippen LogP contribution < -0.4 is 0 Å². The summed E-state index contributed by atoms with van der Waals surface area (Å²) >= 11 is 0. The Balaban J connectivity index is 2.52. The molecule has 0 radical (unpaired) electrons. The van der Waals surface area contributed by atoms with Crippen molar-refractivity contribution in [3.05, 3.63) is 0 Å². The van der Waals surface area contributed by atoms with Gasteiger partial charge in [0.05, 0.1) is 5.41 Å². The fourth-order valence-corrected chi connectivity index (χ4v) is 1.75. The molecule has 0 aromatic carbocycles. The van der Waals surface area contributed by atoms with Crippen molar-refractivity contribution in [2.75, 3.05) is 0 Å². The van der Waals surface area contributed by atoms with Crippen molar-refractivity contribution in [1.82, 2.24) is 0 Å². The van der Waals surface area contributed by atoms with Crippen LogP contribution in [0.25, 0.3) is 0 Å². The van der Waals surface area contributed by atoms with Crippen LogP contribution in [0, 0.1) is 11.3 Å². The van der Waals surface area contributed by atoms with Gasteiger partial charge in [-0.2, -0.15) is 0 Å². The monoisotopic (exact) mass is 170 g/mol. The third kappa shape index (κ3) is 1.79. The normalized spacial score (nSPS) is 21.8. The van der Waals surface area contributed by atoms with Crippen LogP contribution in [-0.2, 0) is 4.79 Å². The van der Waals surface area contributed by atoms with Crippen LogP contribution in [-0.4, -0.2) is 11.1 Å². The number of carboxylic acids is 1. The van der Waals surface area contributed by atoms with Crippen LogP contribution >= 0.6 is 0 Å². The van der Waals surface area contributed by atoms with Crippen LogP contribution in [0.1, 0.15) is 46.0 Å². The number of carbonyl (C=O) groups is 1. The van der Waals surface area contributed by atoms with Gasteiger partial charge in [-0.1, -0.05) is 19.8 Å². The summed E-state index contributed by atoms with van der Waals surface area (Å²) in [5.74, 6) is -0.139. The molecule has 1 saturated carbocycles. The zero-order chi connectivity index (χ0) is 9.19. The molecule has 0 aromatic rings. The molecule has 1 rings (SSSR count). The molecule has 0 bridgehead atoms. The zero-order valence-electron chi connectivity index (χ0n) is 7.97. The van der Waals surface area contributed by atoms with E-state index in [-0.39, 0.29) is 0 Å². The first-order valence-corrected chi connectivity index (χ1v) is 4.84. The Morgan fingerprint density at radius 3 is 2.50 bits per heavy atom. The maximum Gasteiger partial charge on any atom is 0.309 e. The van der Waals surface area contributed by atoms with Crippen LogP contribution in [0.4, 0.5) is 0 Å². The number of rotatable bonds is 5. The SMILES string of the molecule is CCCCC(C)(C(=O)O)C1CC1. The molecule has 12 heavy (non-hydrogen) atoms. The summed E-state index contributed by atoms with van der Waals surface area (Å²) in [4.78, 5) is 11.0. The summed E-state index contributed by atoms with van der Waals surface area (Å²) in [5.41, 5.74) is -0.421. The highest BCUT2D eigenvalue weighted by atomic mass is 16.4. The van der Waals surface area contributed by atoms with Gasteiger partial charge in [-0.15, -0.1) is 0 Å². The van der Waals surface area contributed by atoms with E-state index in [1.165, 1.54) is 0 Å². The van der Waals surface area contributed by atoms with Gasteiger partial charge in [-0.05, 0) is 32.1 Å². The smallest absolute Gasteiger partial charge is 0.309 e. The molecular weight excluding hydrogens is 152 g/mol. The van der Waals surface area contributed by atoms with Gasteiger partial charge in [0.25, 0.3) is 0 Å². The van der Waals surface area contributed by atoms with Crippen LogP contribution in [0.2, 0.25) is 0 Å². The number of aliphatic carboxylic acids is 1. The fraction of sp³-hybridized carbons (Fsp3) is 0.900. The molecule has 1 unspecified atom stereocenters. The molecule has 1 fully saturated rings. The van der Waals surface area contributed by atoms with Crippen molar-refractivity contribution in [2.24, 2.45) is 11.3 Å². The zero-order valence-corrected chi connectivity index (χ0v) is 7.97. The highest BCUT2D eigenvalue weighted by Crippen LogP contribution is 2.48. The van der Waals surface area contributed by atoms with E-state index < -0.39 is 11.4 Å². The minimum Gasteiger partial charge on any atom is -0.481 e. The Kier molecular flexibility index (Phi) is 2.76. The highest BCUT2D eigenvalue weighted by Gasteiger charge is 2.46. The second kappa shape index (κ2) is 3.46. The minimum atomic E-state index is -0.599. The Morgan fingerprint density at radius 2 is 2.17 bits per heavy atom. The second-order valence-electron chi connectivity index (χ2n) is 4.10. The van der Waals surface area contributed by atoms with Gasteiger partial charge in [0.15, 0.2) is 0 Å². The molecule has 1 N–H and O–H groups in total. The van der Waals surface area contributed by atoms with Gasteiger partial charge in [-0.25, -0.2) is 0 Å². The molecule has 1 aliphatic rings. The average molecular weight is 170 g/mol. The molecule has 0 saturated heterocycles. The van der Waals surface area contributed by atoms with E-state index in [0.29, 0.717) is 5.92 Å². The Morgan fingerprint density at radius 1 is 1.58 bits per heavy atom. The quantitative estimate of drug-likeness (QED) is 0.688. The van der Waals surface area contributed by atoms with Crippen molar-refractivity contribution >= 4 is 5.97 Å². The maximum atomic E-state index is 11.0. The molecule has 0 heterocycles. The molecule has 2 nitrogen and oxygen atoms in total. The molecule has 0 aliphatic heterocycles. The molecule has 0 spiro atoms. The van der Waals surface area contributed by atoms with Gasteiger partial charge >= 0.3 is 5.97 Å². The van der Waals surface area contributed by atoms with Crippen molar-refractivity contribution in [2.45, 2.75) is 46.0 Å². The average Bonchev–Trinajstić information content (AvgIpc) is 2.82. The Bertz CT molecular complexity index is 173. The van der Waals surface area contributed by atoms with E-state index in [1.807, 2.05) is 6.92 Å². The lowest BCUT2D eigenvalue weighted by Crippen LogP contribution is -2.29. The van der Waals surface area contributed by atoms with Crippen LogP contribution in [0.5, 0.6) is 0 Å². The predicted molar refractivity (Wildman–Crippen MR) is 48.0 cm³/mol. The first-order valence-electron chi connectivity index (χ1n) is 4.84. The standard InChI is InChI=1S/C10H18O2/c1-3-4-7-10(2,9(11)12)8-5-6-8/h8H,3-7H2,1-2H3,(H,11,12). The third-order valence-electron chi connectivity index (χ3n) is 3.02. The van der Waals surface area contributed by atoms with Gasteiger partial charge in [-0.3, -0.25) is 4.79 Å². The van der Waals surface area contributed by atoms with Crippen molar-refractivity contribution < 1.29 is 9.90 Å². The number of hydrogen-bond donors (Lipinski definition) is 1. The first-order chi connectivity index (χ1) is 5.61. The van der Waals surface area contributed by atoms with Crippen molar-refractivity contribution in [3.8, 4) is 0 Å². The minimum absolute atomic E-state index is 0.421. The Labute approximate surface area is 74.0 Å². The fourth-order valence-electron chi connectivity index (χ4n) is 1.75. The molecule has 0 aromatic heterocycles. The highest BCUT2D eigenvalue weighted by molar-refractivity contribution is 5.75. The molecule has 1 atom stereocenters. The first kappa shape index (κ1) is 9.56. The largest absolute Gasteiger partial charge is 0.481 e. The van der Waals surface area contributed by atoms with Gasteiger partial charge < -0.3 is 5.11 Å². The molecule has 2 heteroatoms. The summed E-state index contributed by atoms with van der Waals surface area (Å²) in [6.07, 6.45) is 5.22. The number of carboxylic acid groups (broad SMARTS) is 1. The van der Waals surface area contributed by atoms with E-state index in [9.17, 15) is 4.79 Å². The summed E-state index contributed by atoms with van der Waals surface area (Å²) < 4.78 is 0. The molecular formula is C10H18O2. The van der Waals surface area contributed by atoms with Crippen molar-refractivity contribution in [1.29, 1.82) is 0 Å². The lowest BCUT2D eigenvalue weighted by Gasteiger charge is -2.23. The van der Waals surface area contributed by atoms with Crippen LogP contribution in [0.15, 0.2) is 0 Å².